The number of para-hydroxylation sites is 1. The summed E-state index contributed by atoms with van der Waals surface area (Å²) >= 11 is 0. The third-order valence-corrected chi connectivity index (χ3v) is 11.0. The second-order valence-corrected chi connectivity index (χ2v) is 14.1. The number of benzene rings is 9. The summed E-state index contributed by atoms with van der Waals surface area (Å²) in [6.45, 7) is 0. The number of rotatable bonds is 5. The molecule has 0 aliphatic rings. The van der Waals surface area contributed by atoms with E-state index in [0.29, 0.717) is 5.82 Å². The topological polar surface area (TPSA) is 30.7 Å². The van der Waals surface area contributed by atoms with E-state index < -0.39 is 0 Å². The summed E-state index contributed by atoms with van der Waals surface area (Å²) in [5.41, 5.74) is 10.7. The average molecular weight is 700 g/mol. The van der Waals surface area contributed by atoms with Gasteiger partial charge in [0.25, 0.3) is 0 Å². The van der Waals surface area contributed by atoms with Gasteiger partial charge in [0.2, 0.25) is 0 Å². The molecule has 0 radical (unpaired) electrons. The van der Waals surface area contributed by atoms with E-state index >= 15 is 0 Å². The average Bonchev–Trinajstić information content (AvgIpc) is 3.62. The number of hydrogen-bond acceptors (Lipinski definition) is 2. The maximum atomic E-state index is 5.18. The first kappa shape index (κ1) is 31.2. The molecule has 0 spiro atoms. The number of fused-ring (bicyclic) bond motifs is 10. The van der Waals surface area contributed by atoms with E-state index in [9.17, 15) is 0 Å². The number of nitrogens with zero attached hydrogens (tertiary/aromatic N) is 3. The maximum Gasteiger partial charge on any atom is 0.160 e. The molecule has 2 heterocycles. The van der Waals surface area contributed by atoms with E-state index in [1.54, 1.807) is 0 Å². The molecule has 3 nitrogen and oxygen atoms in total. The Hall–Kier alpha value is -7.36. The molecule has 0 aliphatic heterocycles. The highest BCUT2D eigenvalue weighted by atomic mass is 15.0. The molecule has 11 rings (SSSR count). The van der Waals surface area contributed by atoms with Gasteiger partial charge in [0.05, 0.1) is 22.4 Å². The summed E-state index contributed by atoms with van der Waals surface area (Å²) in [6, 6.07) is 71.4. The molecule has 55 heavy (non-hydrogen) atoms. The van der Waals surface area contributed by atoms with Gasteiger partial charge in [0.1, 0.15) is 0 Å². The molecule has 3 heteroatoms. The molecule has 0 atom stereocenters. The van der Waals surface area contributed by atoms with Crippen LogP contribution in [-0.2, 0) is 0 Å². The Labute approximate surface area is 318 Å². The highest BCUT2D eigenvalue weighted by Crippen LogP contribution is 2.44. The van der Waals surface area contributed by atoms with Crippen LogP contribution in [0.4, 0.5) is 0 Å². The molecule has 0 saturated carbocycles. The van der Waals surface area contributed by atoms with Gasteiger partial charge in [-0.05, 0) is 62.3 Å². The zero-order valence-electron chi connectivity index (χ0n) is 29.9. The fraction of sp³-hybridized carbons (Fsp3) is 0. The molecule has 256 valence electrons. The third kappa shape index (κ3) is 5.05. The van der Waals surface area contributed by atoms with Crippen LogP contribution in [0.1, 0.15) is 0 Å². The Morgan fingerprint density at radius 1 is 0.345 bits per heavy atom. The fourth-order valence-corrected chi connectivity index (χ4v) is 8.52. The molecule has 0 amide bonds. The smallest absolute Gasteiger partial charge is 0.160 e. The quantitative estimate of drug-likeness (QED) is 0.167. The van der Waals surface area contributed by atoms with Crippen molar-refractivity contribution in [2.45, 2.75) is 0 Å². The Bertz CT molecular complexity index is 3230. The van der Waals surface area contributed by atoms with Crippen LogP contribution in [0.5, 0.6) is 0 Å². The molecule has 0 unspecified atom stereocenters. The standard InChI is InChI=1S/C52H33N3/c1-3-15-34(16-4-1)39-20-9-10-22-41(39)47-33-46(53-52(54-47)37-18-5-2-6-19-37)36-27-30-38(31-28-36)55-48-26-14-13-25-44(48)50-45-32-29-35-17-7-8-21-40(35)49(45)42-23-11-12-24-43(42)51(50)55/h1-33H. The Morgan fingerprint density at radius 2 is 0.945 bits per heavy atom. The van der Waals surface area contributed by atoms with Gasteiger partial charge >= 0.3 is 0 Å². The minimum absolute atomic E-state index is 0.702. The van der Waals surface area contributed by atoms with Crippen molar-refractivity contribution in [2.75, 3.05) is 0 Å². The number of aromatic nitrogens is 3. The Morgan fingerprint density at radius 3 is 1.73 bits per heavy atom. The minimum Gasteiger partial charge on any atom is -0.309 e. The molecule has 0 aliphatic carbocycles. The van der Waals surface area contributed by atoms with Crippen LogP contribution in [0.25, 0.3) is 105 Å². The van der Waals surface area contributed by atoms with Crippen molar-refractivity contribution in [1.82, 2.24) is 14.5 Å². The van der Waals surface area contributed by atoms with Crippen LogP contribution in [-0.4, -0.2) is 14.5 Å². The molecular formula is C52H33N3. The van der Waals surface area contributed by atoms with Crippen molar-refractivity contribution < 1.29 is 0 Å². The van der Waals surface area contributed by atoms with Gasteiger partial charge in [-0.2, -0.15) is 0 Å². The van der Waals surface area contributed by atoms with Crippen molar-refractivity contribution in [1.29, 1.82) is 0 Å². The lowest BCUT2D eigenvalue weighted by molar-refractivity contribution is 1.17. The SMILES string of the molecule is c1ccc(-c2nc(-c3ccc(-n4c5ccccc5c5c6ccc7ccccc7c6c6ccccc6c54)cc3)cc(-c3ccccc3-c3ccccc3)n2)cc1. The summed E-state index contributed by atoms with van der Waals surface area (Å²) in [6.07, 6.45) is 0. The van der Waals surface area contributed by atoms with Crippen molar-refractivity contribution in [2.24, 2.45) is 0 Å². The van der Waals surface area contributed by atoms with Crippen LogP contribution in [0.3, 0.4) is 0 Å². The lowest BCUT2D eigenvalue weighted by Gasteiger charge is -2.15. The largest absolute Gasteiger partial charge is 0.309 e. The van der Waals surface area contributed by atoms with Gasteiger partial charge in [-0.3, -0.25) is 0 Å². The zero-order chi connectivity index (χ0) is 36.3. The first-order chi connectivity index (χ1) is 27.3. The molecule has 0 fully saturated rings. The van der Waals surface area contributed by atoms with Gasteiger partial charge in [0, 0.05) is 38.5 Å². The molecule has 0 saturated heterocycles. The second kappa shape index (κ2) is 12.6. The van der Waals surface area contributed by atoms with E-state index in [1.807, 2.05) is 18.2 Å². The summed E-state index contributed by atoms with van der Waals surface area (Å²) in [7, 11) is 0. The van der Waals surface area contributed by atoms with Crippen LogP contribution < -0.4 is 0 Å². The van der Waals surface area contributed by atoms with E-state index in [-0.39, 0.29) is 0 Å². The molecule has 11 aromatic rings. The molecule has 0 bridgehead atoms. The zero-order valence-corrected chi connectivity index (χ0v) is 29.9. The molecule has 0 N–H and O–H groups in total. The van der Waals surface area contributed by atoms with Crippen molar-refractivity contribution in [3.63, 3.8) is 0 Å². The maximum absolute atomic E-state index is 5.18. The lowest BCUT2D eigenvalue weighted by Crippen LogP contribution is -1.98. The molecule has 9 aromatic carbocycles. The lowest BCUT2D eigenvalue weighted by atomic mass is 9.93. The summed E-state index contributed by atoms with van der Waals surface area (Å²) in [5, 5.41) is 10.2. The van der Waals surface area contributed by atoms with Crippen molar-refractivity contribution in [3.05, 3.63) is 200 Å². The van der Waals surface area contributed by atoms with Crippen LogP contribution in [0, 0.1) is 0 Å². The summed E-state index contributed by atoms with van der Waals surface area (Å²) in [5.74, 6) is 0.702. The third-order valence-electron chi connectivity index (χ3n) is 11.0. The fourth-order valence-electron chi connectivity index (χ4n) is 8.52. The van der Waals surface area contributed by atoms with E-state index in [0.717, 1.165) is 44.9 Å². The van der Waals surface area contributed by atoms with E-state index in [4.69, 9.17) is 9.97 Å². The van der Waals surface area contributed by atoms with Crippen LogP contribution >= 0.6 is 0 Å². The highest BCUT2D eigenvalue weighted by Gasteiger charge is 2.20. The van der Waals surface area contributed by atoms with Gasteiger partial charge in [0.15, 0.2) is 5.82 Å². The van der Waals surface area contributed by atoms with Gasteiger partial charge < -0.3 is 4.57 Å². The predicted molar refractivity (Wildman–Crippen MR) is 231 cm³/mol. The molecular weight excluding hydrogens is 667 g/mol. The van der Waals surface area contributed by atoms with E-state index in [2.05, 4.69) is 187 Å². The first-order valence-electron chi connectivity index (χ1n) is 18.8. The van der Waals surface area contributed by atoms with E-state index in [1.165, 1.54) is 54.1 Å². The molecule has 2 aromatic heterocycles. The van der Waals surface area contributed by atoms with Crippen LogP contribution in [0.15, 0.2) is 200 Å². The van der Waals surface area contributed by atoms with Crippen molar-refractivity contribution in [3.8, 4) is 50.7 Å². The summed E-state index contributed by atoms with van der Waals surface area (Å²) < 4.78 is 2.45. The number of hydrogen-bond donors (Lipinski definition) is 0. The predicted octanol–water partition coefficient (Wildman–Crippen LogP) is 13.7. The van der Waals surface area contributed by atoms with Gasteiger partial charge in [-0.25, -0.2) is 9.97 Å². The Kier molecular flexibility index (Phi) is 7.17. The van der Waals surface area contributed by atoms with Gasteiger partial charge in [-0.1, -0.05) is 176 Å². The monoisotopic (exact) mass is 699 g/mol. The van der Waals surface area contributed by atoms with Crippen molar-refractivity contribution >= 4 is 54.1 Å². The van der Waals surface area contributed by atoms with Crippen LogP contribution in [0.2, 0.25) is 0 Å². The normalized spacial score (nSPS) is 11.6. The van der Waals surface area contributed by atoms with Gasteiger partial charge in [-0.15, -0.1) is 0 Å². The summed E-state index contributed by atoms with van der Waals surface area (Å²) in [4.78, 5) is 10.3. The second-order valence-electron chi connectivity index (χ2n) is 14.1. The first-order valence-corrected chi connectivity index (χ1v) is 18.8. The highest BCUT2D eigenvalue weighted by molar-refractivity contribution is 6.36. The Balaban J connectivity index is 1.12. The minimum atomic E-state index is 0.702.